The van der Waals surface area contributed by atoms with Gasteiger partial charge in [-0.1, -0.05) is 45.9 Å². The molecule has 0 bridgehead atoms. The zero-order valence-corrected chi connectivity index (χ0v) is 27.1. The first-order valence-electron chi connectivity index (χ1n) is 15.8. The fourth-order valence-electron chi connectivity index (χ4n) is 9.10. The minimum Gasteiger partial charge on any atom is -0.507 e. The van der Waals surface area contributed by atoms with E-state index in [2.05, 4.69) is 5.32 Å². The number of benzene rings is 2. The van der Waals surface area contributed by atoms with Crippen molar-refractivity contribution in [2.24, 2.45) is 40.2 Å². The Kier molecular flexibility index (Phi) is 8.62. The third-order valence-corrected chi connectivity index (χ3v) is 10.8. The maximum absolute atomic E-state index is 14.4. The normalized spacial score (nSPS) is 33.0. The minimum atomic E-state index is -2.60. The molecule has 3 aliphatic rings. The van der Waals surface area contributed by atoms with E-state index in [0.717, 1.165) is 0 Å². The predicted molar refractivity (Wildman–Crippen MR) is 168 cm³/mol. The number of phenolic OH excluding ortho intramolecular Hbond substituents is 1. The van der Waals surface area contributed by atoms with Gasteiger partial charge >= 0.3 is 5.97 Å². The van der Waals surface area contributed by atoms with Crippen molar-refractivity contribution in [3.8, 4) is 16.9 Å². The maximum Gasteiger partial charge on any atom is 0.325 e. The molecule has 2 saturated carbocycles. The Morgan fingerprint density at radius 2 is 1.79 bits per heavy atom. The van der Waals surface area contributed by atoms with Gasteiger partial charge in [0.1, 0.15) is 24.3 Å². The summed E-state index contributed by atoms with van der Waals surface area (Å²) in [6.45, 7) is 8.44. The zero-order valence-electron chi connectivity index (χ0n) is 27.1. The second kappa shape index (κ2) is 11.8. The van der Waals surface area contributed by atoms with Gasteiger partial charge in [-0.15, -0.1) is 0 Å². The summed E-state index contributed by atoms with van der Waals surface area (Å²) in [7, 11) is 0. The molecule has 47 heavy (non-hydrogen) atoms. The highest BCUT2D eigenvalue weighted by molar-refractivity contribution is 6.10. The fourth-order valence-corrected chi connectivity index (χ4v) is 9.10. The van der Waals surface area contributed by atoms with E-state index >= 15 is 0 Å². The van der Waals surface area contributed by atoms with Crippen LogP contribution in [-0.2, 0) is 25.5 Å². The van der Waals surface area contributed by atoms with Crippen LogP contribution >= 0.6 is 0 Å². The van der Waals surface area contributed by atoms with E-state index in [1.165, 1.54) is 6.07 Å². The number of rotatable bonds is 7. The number of nitrogens with two attached hydrogens (primary N) is 1. The van der Waals surface area contributed by atoms with Crippen LogP contribution in [0.4, 0.5) is 0 Å². The quantitative estimate of drug-likeness (QED) is 0.188. The Balaban J connectivity index is 1.61. The highest BCUT2D eigenvalue weighted by Gasteiger charge is 2.75. The molecule has 2 amide bonds. The monoisotopic (exact) mass is 650 g/mol. The number of hydrogen-bond acceptors (Lipinski definition) is 10. The number of aliphatic hydroxyl groups is 3. The second-order valence-electron chi connectivity index (χ2n) is 14.0. The number of aliphatic hydroxyl groups excluding tert-OH is 2. The average Bonchev–Trinajstić information content (AvgIpc) is 2.97. The van der Waals surface area contributed by atoms with Gasteiger partial charge in [0.15, 0.2) is 17.2 Å². The molecule has 5 rings (SSSR count). The van der Waals surface area contributed by atoms with Gasteiger partial charge in [-0.3, -0.25) is 24.0 Å². The van der Waals surface area contributed by atoms with Crippen molar-refractivity contribution in [1.82, 2.24) is 5.32 Å². The number of aromatic hydroxyl groups is 1. The van der Waals surface area contributed by atoms with E-state index in [1.807, 2.05) is 0 Å². The van der Waals surface area contributed by atoms with Crippen molar-refractivity contribution in [3.05, 3.63) is 53.1 Å². The van der Waals surface area contributed by atoms with Crippen molar-refractivity contribution in [1.29, 1.82) is 0 Å². The SMILES string of the molecule is CCOC(=O)CNC(=O)c1cccc(-c2ccc(O)c3c2C[C@]2(C)C[C@]4(C)[C@@H](C(C)C)C(O)[C@@H](C(N)=O)C(=O)[C@]4(O)C(O)[C@H]2C3=O)c1. The summed E-state index contributed by atoms with van der Waals surface area (Å²) in [6, 6.07) is 9.49. The molecule has 7 N–H and O–H groups in total. The van der Waals surface area contributed by atoms with Crippen LogP contribution in [-0.4, -0.2) is 80.7 Å². The maximum atomic E-state index is 14.4. The number of carbonyl (C=O) groups is 5. The number of carbonyl (C=O) groups excluding carboxylic acids is 5. The third kappa shape index (κ3) is 5.04. The predicted octanol–water partition coefficient (Wildman–Crippen LogP) is 1.53. The Morgan fingerprint density at radius 1 is 1.11 bits per heavy atom. The van der Waals surface area contributed by atoms with Crippen molar-refractivity contribution < 1.29 is 49.1 Å². The molecule has 2 fully saturated rings. The molecule has 2 unspecified atom stereocenters. The van der Waals surface area contributed by atoms with Gasteiger partial charge in [-0.25, -0.2) is 0 Å². The first kappa shape index (κ1) is 34.2. The molecule has 2 aromatic rings. The molecule has 0 aliphatic heterocycles. The third-order valence-electron chi connectivity index (χ3n) is 10.8. The van der Waals surface area contributed by atoms with E-state index in [4.69, 9.17) is 10.5 Å². The molecule has 0 heterocycles. The molecule has 0 aromatic heterocycles. The number of primary amides is 1. The number of phenols is 1. The molecular formula is C35H42N2O10. The number of ketones is 2. The Bertz CT molecular complexity index is 1670. The summed E-state index contributed by atoms with van der Waals surface area (Å²) in [5, 5.41) is 49.1. The first-order valence-corrected chi connectivity index (χ1v) is 15.8. The van der Waals surface area contributed by atoms with Crippen LogP contribution in [0.15, 0.2) is 36.4 Å². The lowest BCUT2D eigenvalue weighted by molar-refractivity contribution is -0.265. The molecule has 0 saturated heterocycles. The van der Waals surface area contributed by atoms with Gasteiger partial charge in [0.05, 0.1) is 24.2 Å². The van der Waals surface area contributed by atoms with Crippen LogP contribution < -0.4 is 11.1 Å². The molecule has 252 valence electrons. The van der Waals surface area contributed by atoms with Crippen LogP contribution in [0.2, 0.25) is 0 Å². The Labute approximate surface area is 272 Å². The van der Waals surface area contributed by atoms with Gasteiger partial charge in [0.2, 0.25) is 5.91 Å². The van der Waals surface area contributed by atoms with Crippen molar-refractivity contribution in [2.75, 3.05) is 13.2 Å². The van der Waals surface area contributed by atoms with Crippen LogP contribution in [0, 0.1) is 34.5 Å². The first-order chi connectivity index (χ1) is 21.9. The van der Waals surface area contributed by atoms with Crippen LogP contribution in [0.5, 0.6) is 5.75 Å². The minimum absolute atomic E-state index is 0.00589. The van der Waals surface area contributed by atoms with Crippen LogP contribution in [0.25, 0.3) is 11.1 Å². The van der Waals surface area contributed by atoms with Crippen molar-refractivity contribution in [2.45, 2.75) is 65.3 Å². The van der Waals surface area contributed by atoms with Crippen molar-refractivity contribution >= 4 is 29.4 Å². The van der Waals surface area contributed by atoms with Gasteiger partial charge in [0, 0.05) is 11.0 Å². The van der Waals surface area contributed by atoms with Gasteiger partial charge < -0.3 is 36.2 Å². The molecule has 12 nitrogen and oxygen atoms in total. The fraction of sp³-hybridized carbons (Fsp3) is 0.514. The summed E-state index contributed by atoms with van der Waals surface area (Å²) in [6.07, 6.45) is -3.38. The summed E-state index contributed by atoms with van der Waals surface area (Å²) in [4.78, 5) is 65.3. The van der Waals surface area contributed by atoms with E-state index in [0.29, 0.717) is 16.7 Å². The lowest BCUT2D eigenvalue weighted by atomic mass is 9.39. The molecule has 8 atom stereocenters. The second-order valence-corrected chi connectivity index (χ2v) is 14.0. The summed E-state index contributed by atoms with van der Waals surface area (Å²) in [5.74, 6) is -8.77. The van der Waals surface area contributed by atoms with Gasteiger partial charge in [-0.05, 0) is 71.9 Å². The number of amides is 2. The largest absolute Gasteiger partial charge is 0.507 e. The van der Waals surface area contributed by atoms with E-state index in [1.54, 1.807) is 65.0 Å². The molecule has 3 aliphatic carbocycles. The van der Waals surface area contributed by atoms with Crippen LogP contribution in [0.1, 0.15) is 67.3 Å². The smallest absolute Gasteiger partial charge is 0.325 e. The molecule has 12 heteroatoms. The Morgan fingerprint density at radius 3 is 2.40 bits per heavy atom. The lowest BCUT2D eigenvalue weighted by Gasteiger charge is -2.66. The topological polar surface area (TPSA) is 214 Å². The van der Waals surface area contributed by atoms with E-state index in [9.17, 15) is 44.4 Å². The van der Waals surface area contributed by atoms with Crippen molar-refractivity contribution in [3.63, 3.8) is 0 Å². The van der Waals surface area contributed by atoms with Gasteiger partial charge in [-0.2, -0.15) is 0 Å². The summed E-state index contributed by atoms with van der Waals surface area (Å²) in [5.41, 5.74) is 2.06. The molecule has 0 radical (unpaired) electrons. The highest BCUT2D eigenvalue weighted by Crippen LogP contribution is 2.66. The standard InChI is InChI=1S/C35H42N2O10/c1-6-47-22(39)14-37-32(45)18-9-7-8-17(12-18)19-10-11-21(38)23-20(19)13-33(4)15-34(5)25(16(2)3)28(41)24(31(36)44)29(42)35(34,46)30(43)26(33)27(23)40/h7-12,16,24-26,28,30,38,41,43,46H,6,13-15H2,1-5H3,(H2,36,44)(H,37,45)/t24-,25+,26-,28?,30?,33-,34-,35+/m1/s1. The molecule has 2 aromatic carbocycles. The molecule has 0 spiro atoms. The van der Waals surface area contributed by atoms with Crippen LogP contribution in [0.3, 0.4) is 0 Å². The Hall–Kier alpha value is -4.13. The summed E-state index contributed by atoms with van der Waals surface area (Å²) < 4.78 is 4.86. The number of ether oxygens (including phenoxy) is 1. The zero-order chi connectivity index (χ0) is 34.8. The van der Waals surface area contributed by atoms with E-state index in [-0.39, 0.29) is 48.8 Å². The van der Waals surface area contributed by atoms with E-state index < -0.39 is 75.7 Å². The number of nitrogens with one attached hydrogen (secondary N) is 1. The average molecular weight is 651 g/mol. The number of esters is 1. The van der Waals surface area contributed by atoms with Gasteiger partial charge in [0.25, 0.3) is 5.91 Å². The highest BCUT2D eigenvalue weighted by atomic mass is 16.5. The number of Topliss-reactive ketones (excluding diaryl/α,β-unsaturated/α-hetero) is 2. The number of fused-ring (bicyclic) bond motifs is 3. The molecular weight excluding hydrogens is 608 g/mol. The summed E-state index contributed by atoms with van der Waals surface area (Å²) >= 11 is 0. The number of hydrogen-bond donors (Lipinski definition) is 6. The lowest BCUT2D eigenvalue weighted by Crippen LogP contribution is -2.79.